The number of benzene rings is 2. The average molecular weight is 395 g/mol. The van der Waals surface area contributed by atoms with Gasteiger partial charge in [0.15, 0.2) is 11.5 Å². The maximum Gasteiger partial charge on any atom is 0.203 e. The summed E-state index contributed by atoms with van der Waals surface area (Å²) in [4.78, 5) is 4.75. The number of anilines is 1. The minimum Gasteiger partial charge on any atom is -0.508 e. The van der Waals surface area contributed by atoms with Gasteiger partial charge in [-0.25, -0.2) is 0 Å². The Morgan fingerprint density at radius 1 is 0.852 bits per heavy atom. The number of hydrogen-bond acceptors (Lipinski definition) is 6. The quantitative estimate of drug-likeness (QED) is 0.812. The van der Waals surface area contributed by atoms with Crippen LogP contribution in [0.3, 0.4) is 0 Å². The zero-order chi connectivity index (χ0) is 18.5. The summed E-state index contributed by atoms with van der Waals surface area (Å²) in [6.45, 7) is 4.68. The zero-order valence-corrected chi connectivity index (χ0v) is 16.8. The summed E-state index contributed by atoms with van der Waals surface area (Å²) in [7, 11) is 4.89. The van der Waals surface area contributed by atoms with E-state index in [2.05, 4.69) is 9.80 Å². The predicted octanol–water partition coefficient (Wildman–Crippen LogP) is 3.16. The normalized spacial score (nSPS) is 14.4. The minimum absolute atomic E-state index is 0. The van der Waals surface area contributed by atoms with Crippen molar-refractivity contribution in [3.8, 4) is 23.0 Å². The Labute approximate surface area is 166 Å². The fraction of sp³-hybridized carbons (Fsp3) is 0.400. The van der Waals surface area contributed by atoms with E-state index in [9.17, 15) is 5.11 Å². The highest BCUT2D eigenvalue weighted by atomic mass is 35.5. The SMILES string of the molecule is COc1cc(CN2CCN(c3ccc(O)cc3)CC2)cc(OC)c1OC.Cl. The number of piperazine rings is 1. The molecule has 27 heavy (non-hydrogen) atoms. The molecule has 0 amide bonds. The van der Waals surface area contributed by atoms with Gasteiger partial charge in [-0.15, -0.1) is 12.4 Å². The van der Waals surface area contributed by atoms with Gasteiger partial charge in [0.05, 0.1) is 21.3 Å². The maximum atomic E-state index is 9.43. The van der Waals surface area contributed by atoms with E-state index in [1.807, 2.05) is 24.3 Å². The summed E-state index contributed by atoms with van der Waals surface area (Å²) in [5.74, 6) is 2.29. The second-order valence-corrected chi connectivity index (χ2v) is 6.31. The van der Waals surface area contributed by atoms with E-state index in [1.165, 1.54) is 0 Å². The first-order chi connectivity index (χ1) is 12.6. The fourth-order valence-corrected chi connectivity index (χ4v) is 3.31. The number of rotatable bonds is 6. The van der Waals surface area contributed by atoms with Crippen molar-refractivity contribution >= 4 is 18.1 Å². The lowest BCUT2D eigenvalue weighted by Gasteiger charge is -2.36. The number of phenolic OH excluding ortho intramolecular Hbond substituents is 1. The van der Waals surface area contributed by atoms with E-state index in [0.717, 1.165) is 44.0 Å². The van der Waals surface area contributed by atoms with Crippen molar-refractivity contribution in [1.29, 1.82) is 0 Å². The van der Waals surface area contributed by atoms with Crippen LogP contribution in [0.1, 0.15) is 5.56 Å². The van der Waals surface area contributed by atoms with E-state index in [0.29, 0.717) is 23.0 Å². The van der Waals surface area contributed by atoms with Crippen LogP contribution in [0, 0.1) is 0 Å². The third kappa shape index (κ3) is 4.90. The lowest BCUT2D eigenvalue weighted by atomic mass is 10.1. The smallest absolute Gasteiger partial charge is 0.203 e. The summed E-state index contributed by atoms with van der Waals surface area (Å²) in [5.41, 5.74) is 2.29. The number of hydrogen-bond donors (Lipinski definition) is 1. The number of nitrogens with zero attached hydrogens (tertiary/aromatic N) is 2. The Morgan fingerprint density at radius 3 is 1.89 bits per heavy atom. The van der Waals surface area contributed by atoms with Crippen LogP contribution in [0.2, 0.25) is 0 Å². The van der Waals surface area contributed by atoms with Crippen molar-refractivity contribution in [2.45, 2.75) is 6.54 Å². The molecule has 0 unspecified atom stereocenters. The van der Waals surface area contributed by atoms with Crippen LogP contribution >= 0.6 is 12.4 Å². The summed E-state index contributed by atoms with van der Waals surface area (Å²) in [5, 5.41) is 9.43. The van der Waals surface area contributed by atoms with Gasteiger partial charge in [0.25, 0.3) is 0 Å². The van der Waals surface area contributed by atoms with Crippen LogP contribution in [-0.4, -0.2) is 57.5 Å². The summed E-state index contributed by atoms with van der Waals surface area (Å²) < 4.78 is 16.3. The van der Waals surface area contributed by atoms with Crippen LogP contribution in [0.4, 0.5) is 5.69 Å². The number of methoxy groups -OCH3 is 3. The molecule has 1 fully saturated rings. The lowest BCUT2D eigenvalue weighted by molar-refractivity contribution is 0.248. The largest absolute Gasteiger partial charge is 0.508 e. The van der Waals surface area contributed by atoms with Crippen molar-refractivity contribution in [2.75, 3.05) is 52.4 Å². The van der Waals surface area contributed by atoms with Crippen LogP contribution < -0.4 is 19.1 Å². The van der Waals surface area contributed by atoms with Crippen LogP contribution in [0.25, 0.3) is 0 Å². The van der Waals surface area contributed by atoms with Gasteiger partial charge in [-0.05, 0) is 42.0 Å². The molecule has 7 heteroatoms. The standard InChI is InChI=1S/C20H26N2O4.ClH/c1-24-18-12-15(13-19(25-2)20(18)26-3)14-21-8-10-22(11-9-21)16-4-6-17(23)7-5-16;/h4-7,12-13,23H,8-11,14H2,1-3H3;1H. The molecular weight excluding hydrogens is 368 g/mol. The Bertz CT molecular complexity index is 706. The van der Waals surface area contributed by atoms with Crippen molar-refractivity contribution in [1.82, 2.24) is 4.90 Å². The van der Waals surface area contributed by atoms with Crippen molar-refractivity contribution in [3.63, 3.8) is 0 Å². The zero-order valence-electron chi connectivity index (χ0n) is 16.0. The first-order valence-electron chi connectivity index (χ1n) is 8.70. The molecule has 1 N–H and O–H groups in total. The highest BCUT2D eigenvalue weighted by Gasteiger charge is 2.19. The molecule has 1 heterocycles. The molecule has 2 aromatic carbocycles. The first kappa shape index (κ1) is 21.0. The van der Waals surface area contributed by atoms with Gasteiger partial charge in [0.1, 0.15) is 5.75 Å². The summed E-state index contributed by atoms with van der Waals surface area (Å²) in [6, 6.07) is 11.4. The molecule has 2 aromatic rings. The van der Waals surface area contributed by atoms with Gasteiger partial charge < -0.3 is 24.2 Å². The van der Waals surface area contributed by atoms with Crippen LogP contribution in [0.15, 0.2) is 36.4 Å². The van der Waals surface area contributed by atoms with E-state index < -0.39 is 0 Å². The fourth-order valence-electron chi connectivity index (χ4n) is 3.31. The monoisotopic (exact) mass is 394 g/mol. The van der Waals surface area contributed by atoms with Crippen molar-refractivity contribution < 1.29 is 19.3 Å². The van der Waals surface area contributed by atoms with Gasteiger partial charge in [0.2, 0.25) is 5.75 Å². The Kier molecular flexibility index (Phi) is 7.45. The van der Waals surface area contributed by atoms with Gasteiger partial charge in [-0.2, -0.15) is 0 Å². The van der Waals surface area contributed by atoms with E-state index in [1.54, 1.807) is 33.5 Å². The third-order valence-electron chi connectivity index (χ3n) is 4.72. The van der Waals surface area contributed by atoms with Gasteiger partial charge in [-0.3, -0.25) is 4.90 Å². The molecule has 0 aromatic heterocycles. The Balaban J connectivity index is 0.00000261. The van der Waals surface area contributed by atoms with Gasteiger partial charge in [0, 0.05) is 38.4 Å². The number of aromatic hydroxyl groups is 1. The van der Waals surface area contributed by atoms with E-state index in [4.69, 9.17) is 14.2 Å². The van der Waals surface area contributed by atoms with Crippen LogP contribution in [-0.2, 0) is 6.54 Å². The molecule has 3 rings (SSSR count). The third-order valence-corrected chi connectivity index (χ3v) is 4.72. The predicted molar refractivity (Wildman–Crippen MR) is 109 cm³/mol. The number of ether oxygens (including phenoxy) is 3. The summed E-state index contributed by atoms with van der Waals surface area (Å²) >= 11 is 0. The Hall–Kier alpha value is -2.31. The average Bonchev–Trinajstić information content (AvgIpc) is 2.68. The van der Waals surface area contributed by atoms with E-state index >= 15 is 0 Å². The van der Waals surface area contributed by atoms with E-state index in [-0.39, 0.29) is 12.4 Å². The molecule has 0 bridgehead atoms. The van der Waals surface area contributed by atoms with Crippen molar-refractivity contribution in [2.24, 2.45) is 0 Å². The van der Waals surface area contributed by atoms with Crippen molar-refractivity contribution in [3.05, 3.63) is 42.0 Å². The maximum absolute atomic E-state index is 9.43. The molecule has 1 aliphatic rings. The highest BCUT2D eigenvalue weighted by Crippen LogP contribution is 2.38. The topological polar surface area (TPSA) is 54.4 Å². The molecule has 6 nitrogen and oxygen atoms in total. The van der Waals surface area contributed by atoms with Gasteiger partial charge >= 0.3 is 0 Å². The Morgan fingerprint density at radius 2 is 1.41 bits per heavy atom. The molecule has 1 aliphatic heterocycles. The molecule has 1 saturated heterocycles. The second kappa shape index (κ2) is 9.58. The van der Waals surface area contributed by atoms with Crippen LogP contribution in [0.5, 0.6) is 23.0 Å². The molecule has 0 radical (unpaired) electrons. The molecule has 0 aliphatic carbocycles. The molecule has 0 spiro atoms. The molecular formula is C20H27ClN2O4. The summed E-state index contributed by atoms with van der Waals surface area (Å²) in [6.07, 6.45) is 0. The lowest BCUT2D eigenvalue weighted by Crippen LogP contribution is -2.45. The highest BCUT2D eigenvalue weighted by molar-refractivity contribution is 5.85. The number of phenols is 1. The van der Waals surface area contributed by atoms with Gasteiger partial charge in [-0.1, -0.05) is 0 Å². The molecule has 0 saturated carbocycles. The first-order valence-corrected chi connectivity index (χ1v) is 8.70. The second-order valence-electron chi connectivity index (χ2n) is 6.31. The molecule has 148 valence electrons. The minimum atomic E-state index is 0. The molecule has 0 atom stereocenters. The number of halogens is 1.